The Labute approximate surface area is 179 Å². The van der Waals surface area contributed by atoms with Crippen molar-refractivity contribution in [3.8, 4) is 5.75 Å². The number of hydrogen-bond acceptors (Lipinski definition) is 2. The van der Waals surface area contributed by atoms with Crippen LogP contribution in [-0.4, -0.2) is 24.1 Å². The van der Waals surface area contributed by atoms with Gasteiger partial charge < -0.3 is 4.74 Å². The molecule has 0 aliphatic carbocycles. The van der Waals surface area contributed by atoms with E-state index < -0.39 is 0 Å². The van der Waals surface area contributed by atoms with Gasteiger partial charge in [0.25, 0.3) is 0 Å². The van der Waals surface area contributed by atoms with Gasteiger partial charge in [0.05, 0.1) is 5.02 Å². The van der Waals surface area contributed by atoms with Crippen molar-refractivity contribution in [1.29, 1.82) is 0 Å². The fraction of sp³-hybridized carbons (Fsp3) is 0.308. The van der Waals surface area contributed by atoms with Crippen LogP contribution < -0.4 is 4.74 Å². The molecule has 0 bridgehead atoms. The molecule has 150 valence electrons. The fourth-order valence-corrected chi connectivity index (χ4v) is 4.49. The molecule has 3 aromatic rings. The molecule has 1 aliphatic heterocycles. The van der Waals surface area contributed by atoms with Gasteiger partial charge in [-0.15, -0.1) is 0 Å². The van der Waals surface area contributed by atoms with Crippen molar-refractivity contribution in [1.82, 2.24) is 4.90 Å². The maximum absolute atomic E-state index is 6.45. The number of nitrogens with zero attached hydrogens (tertiary/aromatic N) is 1. The molecule has 0 saturated carbocycles. The molecule has 1 fully saturated rings. The van der Waals surface area contributed by atoms with Gasteiger partial charge in [-0.3, -0.25) is 4.90 Å². The molecule has 3 unspecified atom stereocenters. The lowest BCUT2D eigenvalue weighted by Crippen LogP contribution is -2.45. The first kappa shape index (κ1) is 20.0. The van der Waals surface area contributed by atoms with Crippen LogP contribution in [-0.2, 0) is 0 Å². The fourth-order valence-electron chi connectivity index (χ4n) is 4.31. The lowest BCUT2D eigenvalue weighted by Gasteiger charge is -2.41. The lowest BCUT2D eigenvalue weighted by molar-refractivity contribution is 0.0587. The van der Waals surface area contributed by atoms with Crippen molar-refractivity contribution in [2.24, 2.45) is 0 Å². The third kappa shape index (κ3) is 4.66. The highest BCUT2D eigenvalue weighted by molar-refractivity contribution is 6.32. The third-order valence-corrected chi connectivity index (χ3v) is 6.31. The van der Waals surface area contributed by atoms with Gasteiger partial charge in [0.1, 0.15) is 11.9 Å². The minimum atomic E-state index is 0.109. The second-order valence-corrected chi connectivity index (χ2v) is 8.38. The summed E-state index contributed by atoms with van der Waals surface area (Å²) in [4.78, 5) is 2.58. The molecule has 29 heavy (non-hydrogen) atoms. The molecule has 1 heterocycles. The Morgan fingerprint density at radius 2 is 1.72 bits per heavy atom. The van der Waals surface area contributed by atoms with E-state index in [9.17, 15) is 0 Å². The summed E-state index contributed by atoms with van der Waals surface area (Å²) in [5.74, 6) is 1.08. The standard InChI is InChI=1S/C26H28ClNO/c1-19-9-8-12-22(17-19)20(2)28-16-15-25(29-26-14-7-6-13-24(26)27)23(18-28)21-10-4-3-5-11-21/h3-14,17,20,23,25H,15-16,18H2,1-2H3. The molecular weight excluding hydrogens is 378 g/mol. The van der Waals surface area contributed by atoms with E-state index in [1.54, 1.807) is 0 Å². The molecule has 1 aliphatic rings. The first-order chi connectivity index (χ1) is 14.1. The quantitative estimate of drug-likeness (QED) is 0.471. The minimum absolute atomic E-state index is 0.109. The van der Waals surface area contributed by atoms with Crippen LogP contribution in [0.4, 0.5) is 0 Å². The van der Waals surface area contributed by atoms with Crippen molar-refractivity contribution in [3.05, 3.63) is 101 Å². The Hall–Kier alpha value is -2.29. The number of aryl methyl sites for hydroxylation is 1. The van der Waals surface area contributed by atoms with Gasteiger partial charge in [-0.1, -0.05) is 83.9 Å². The van der Waals surface area contributed by atoms with Crippen LogP contribution in [0, 0.1) is 6.92 Å². The maximum Gasteiger partial charge on any atom is 0.138 e. The number of likely N-dealkylation sites (tertiary alicyclic amines) is 1. The molecule has 3 heteroatoms. The molecular formula is C26H28ClNO. The summed E-state index contributed by atoms with van der Waals surface area (Å²) in [6.45, 7) is 6.44. The minimum Gasteiger partial charge on any atom is -0.488 e. The second kappa shape index (κ2) is 9.02. The van der Waals surface area contributed by atoms with Crippen LogP contribution >= 0.6 is 11.6 Å². The Bertz CT molecular complexity index is 942. The monoisotopic (exact) mass is 405 g/mol. The molecule has 4 rings (SSSR count). The highest BCUT2D eigenvalue weighted by Crippen LogP contribution is 2.36. The summed E-state index contributed by atoms with van der Waals surface area (Å²) in [6.07, 6.45) is 1.08. The van der Waals surface area contributed by atoms with Crippen LogP contribution in [0.3, 0.4) is 0 Å². The predicted octanol–water partition coefficient (Wildman–Crippen LogP) is 6.65. The van der Waals surface area contributed by atoms with Gasteiger partial charge in [0.15, 0.2) is 0 Å². The second-order valence-electron chi connectivity index (χ2n) is 7.98. The molecule has 0 spiro atoms. The Morgan fingerprint density at radius 3 is 2.48 bits per heavy atom. The van der Waals surface area contributed by atoms with Gasteiger partial charge in [-0.05, 0) is 43.5 Å². The van der Waals surface area contributed by atoms with Crippen molar-refractivity contribution in [2.75, 3.05) is 13.1 Å². The van der Waals surface area contributed by atoms with E-state index in [4.69, 9.17) is 16.3 Å². The number of benzene rings is 3. The summed E-state index contributed by atoms with van der Waals surface area (Å²) < 4.78 is 6.45. The zero-order valence-electron chi connectivity index (χ0n) is 17.1. The van der Waals surface area contributed by atoms with Gasteiger partial charge in [0.2, 0.25) is 0 Å². The normalized spacial score (nSPS) is 20.9. The largest absolute Gasteiger partial charge is 0.488 e. The summed E-state index contributed by atoms with van der Waals surface area (Å²) in [5, 5.41) is 0.676. The molecule has 2 nitrogen and oxygen atoms in total. The molecule has 0 aromatic heterocycles. The third-order valence-electron chi connectivity index (χ3n) is 6.00. The predicted molar refractivity (Wildman–Crippen MR) is 121 cm³/mol. The van der Waals surface area contributed by atoms with Crippen molar-refractivity contribution < 1.29 is 4.74 Å². The van der Waals surface area contributed by atoms with Crippen molar-refractivity contribution >= 4 is 11.6 Å². The Balaban J connectivity index is 1.58. The summed E-state index contributed by atoms with van der Waals surface area (Å²) in [7, 11) is 0. The topological polar surface area (TPSA) is 12.5 Å². The number of piperidine rings is 1. The number of rotatable bonds is 5. The van der Waals surface area contributed by atoms with Crippen LogP contribution in [0.1, 0.15) is 42.0 Å². The average Bonchev–Trinajstić information content (AvgIpc) is 2.76. The van der Waals surface area contributed by atoms with E-state index >= 15 is 0 Å². The van der Waals surface area contributed by atoms with Crippen molar-refractivity contribution in [3.63, 3.8) is 0 Å². The maximum atomic E-state index is 6.45. The number of hydrogen-bond donors (Lipinski definition) is 0. The van der Waals surface area contributed by atoms with Crippen LogP contribution in [0.5, 0.6) is 5.75 Å². The molecule has 1 saturated heterocycles. The Kier molecular flexibility index (Phi) is 6.22. The van der Waals surface area contributed by atoms with E-state index in [0.29, 0.717) is 17.0 Å². The first-order valence-corrected chi connectivity index (χ1v) is 10.8. The average molecular weight is 406 g/mol. The highest BCUT2D eigenvalue weighted by Gasteiger charge is 2.34. The van der Waals surface area contributed by atoms with E-state index in [1.165, 1.54) is 16.7 Å². The zero-order valence-corrected chi connectivity index (χ0v) is 17.8. The highest BCUT2D eigenvalue weighted by atomic mass is 35.5. The van der Waals surface area contributed by atoms with Crippen LogP contribution in [0.25, 0.3) is 0 Å². The van der Waals surface area contributed by atoms with E-state index in [2.05, 4.69) is 73.3 Å². The zero-order chi connectivity index (χ0) is 20.2. The molecule has 3 atom stereocenters. The summed E-state index contributed by atoms with van der Waals surface area (Å²) in [6, 6.07) is 27.7. The molecule has 3 aromatic carbocycles. The Morgan fingerprint density at radius 1 is 0.966 bits per heavy atom. The number of para-hydroxylation sites is 1. The molecule has 0 radical (unpaired) electrons. The van der Waals surface area contributed by atoms with Crippen molar-refractivity contribution in [2.45, 2.75) is 38.3 Å². The van der Waals surface area contributed by atoms with E-state index in [1.807, 2.05) is 24.3 Å². The summed E-state index contributed by atoms with van der Waals surface area (Å²) in [5.41, 5.74) is 4.01. The van der Waals surface area contributed by atoms with Gasteiger partial charge in [-0.25, -0.2) is 0 Å². The molecule has 0 N–H and O–H groups in total. The smallest absolute Gasteiger partial charge is 0.138 e. The lowest BCUT2D eigenvalue weighted by atomic mass is 9.86. The summed E-state index contributed by atoms with van der Waals surface area (Å²) >= 11 is 6.38. The van der Waals surface area contributed by atoms with Gasteiger partial charge in [0, 0.05) is 25.0 Å². The number of halogens is 1. The van der Waals surface area contributed by atoms with Gasteiger partial charge >= 0.3 is 0 Å². The molecule has 0 amide bonds. The van der Waals surface area contributed by atoms with Crippen LogP contribution in [0.15, 0.2) is 78.9 Å². The van der Waals surface area contributed by atoms with E-state index in [-0.39, 0.29) is 6.10 Å². The first-order valence-electron chi connectivity index (χ1n) is 10.4. The number of ether oxygens (including phenoxy) is 1. The van der Waals surface area contributed by atoms with E-state index in [0.717, 1.165) is 25.3 Å². The SMILES string of the molecule is Cc1cccc(C(C)N2CCC(Oc3ccccc3Cl)C(c3ccccc3)C2)c1. The van der Waals surface area contributed by atoms with Gasteiger partial charge in [-0.2, -0.15) is 0 Å². The van der Waals surface area contributed by atoms with Crippen LogP contribution in [0.2, 0.25) is 5.02 Å².